The van der Waals surface area contributed by atoms with Crippen molar-refractivity contribution >= 4 is 5.97 Å². The first-order valence-electron chi connectivity index (χ1n) is 7.75. The zero-order valence-electron chi connectivity index (χ0n) is 13.5. The van der Waals surface area contributed by atoms with Crippen molar-refractivity contribution in [2.45, 2.75) is 84.5 Å². The molecule has 0 N–H and O–H groups in total. The molecule has 2 aliphatic rings. The second-order valence-electron chi connectivity index (χ2n) is 7.34. The molecular formula is C17H28O3. The molecule has 3 atom stereocenters. The Balaban J connectivity index is 2.15. The number of carbonyl (C=O) groups excluding carboxylic acids is 1. The second-order valence-corrected chi connectivity index (χ2v) is 7.34. The minimum absolute atomic E-state index is 0.0297. The van der Waals surface area contributed by atoms with Gasteiger partial charge in [-0.15, -0.1) is 0 Å². The zero-order chi connectivity index (χ0) is 15.0. The molecule has 1 heterocycles. The first kappa shape index (κ1) is 15.6. The van der Waals surface area contributed by atoms with E-state index in [1.54, 1.807) is 0 Å². The number of esters is 1. The molecule has 0 unspecified atom stereocenters. The van der Waals surface area contributed by atoms with Gasteiger partial charge in [0.25, 0.3) is 0 Å². The Morgan fingerprint density at radius 2 is 2.05 bits per heavy atom. The number of epoxide rings is 1. The summed E-state index contributed by atoms with van der Waals surface area (Å²) in [6.07, 6.45) is 7.80. The van der Waals surface area contributed by atoms with Gasteiger partial charge in [-0.3, -0.25) is 4.79 Å². The first-order valence-corrected chi connectivity index (χ1v) is 7.75. The Kier molecular flexibility index (Phi) is 4.29. The number of allylic oxidation sites excluding steroid dienone is 1. The Morgan fingerprint density at radius 3 is 2.70 bits per heavy atom. The third kappa shape index (κ3) is 3.63. The lowest BCUT2D eigenvalue weighted by Gasteiger charge is -2.32. The van der Waals surface area contributed by atoms with Gasteiger partial charge in [0.2, 0.25) is 0 Å². The van der Waals surface area contributed by atoms with E-state index in [4.69, 9.17) is 9.47 Å². The van der Waals surface area contributed by atoms with Crippen molar-refractivity contribution in [1.29, 1.82) is 0 Å². The van der Waals surface area contributed by atoms with Crippen LogP contribution in [0.2, 0.25) is 0 Å². The molecule has 1 aliphatic heterocycles. The van der Waals surface area contributed by atoms with E-state index < -0.39 is 0 Å². The molecule has 20 heavy (non-hydrogen) atoms. The summed E-state index contributed by atoms with van der Waals surface area (Å²) in [4.78, 5) is 11.4. The van der Waals surface area contributed by atoms with Gasteiger partial charge in [0.1, 0.15) is 6.10 Å². The molecule has 0 aromatic rings. The number of ether oxygens (including phenoxy) is 2. The molecule has 0 saturated carbocycles. The zero-order valence-corrected chi connectivity index (χ0v) is 13.5. The highest BCUT2D eigenvalue weighted by atomic mass is 16.6. The number of hydrogen-bond donors (Lipinski definition) is 0. The van der Waals surface area contributed by atoms with Gasteiger partial charge in [-0.1, -0.05) is 19.4 Å². The minimum atomic E-state index is -0.194. The van der Waals surface area contributed by atoms with Crippen LogP contribution in [0.15, 0.2) is 11.6 Å². The molecular weight excluding hydrogens is 252 g/mol. The molecule has 1 fully saturated rings. The summed E-state index contributed by atoms with van der Waals surface area (Å²) in [7, 11) is 0. The molecule has 0 aromatic heterocycles. The highest BCUT2D eigenvalue weighted by Gasteiger charge is 2.51. The quantitative estimate of drug-likeness (QED) is 0.414. The number of rotatable bonds is 1. The van der Waals surface area contributed by atoms with E-state index in [2.05, 4.69) is 33.8 Å². The fourth-order valence-corrected chi connectivity index (χ4v) is 3.21. The van der Waals surface area contributed by atoms with E-state index in [1.807, 2.05) is 0 Å². The average Bonchev–Trinajstić information content (AvgIpc) is 2.95. The molecule has 1 aliphatic carbocycles. The number of carbonyl (C=O) groups is 1. The molecule has 0 aromatic carbocycles. The third-order valence-electron chi connectivity index (χ3n) is 4.83. The van der Waals surface area contributed by atoms with Gasteiger partial charge in [-0.25, -0.2) is 0 Å². The monoisotopic (exact) mass is 280 g/mol. The van der Waals surface area contributed by atoms with Crippen LogP contribution in [0.3, 0.4) is 0 Å². The van der Waals surface area contributed by atoms with Gasteiger partial charge in [0.05, 0.1) is 11.7 Å². The molecule has 0 spiro atoms. The maximum Gasteiger partial charge on any atom is 0.303 e. The van der Waals surface area contributed by atoms with Crippen molar-refractivity contribution in [2.75, 3.05) is 0 Å². The molecule has 0 bridgehead atoms. The van der Waals surface area contributed by atoms with Crippen LogP contribution in [-0.4, -0.2) is 23.8 Å². The van der Waals surface area contributed by atoms with Crippen LogP contribution in [0, 0.1) is 5.41 Å². The van der Waals surface area contributed by atoms with Crippen molar-refractivity contribution in [3.63, 3.8) is 0 Å². The molecule has 3 nitrogen and oxygen atoms in total. The van der Waals surface area contributed by atoms with Crippen molar-refractivity contribution in [2.24, 2.45) is 5.41 Å². The SMILES string of the molecule is CC(=O)O[C@@H]1/C=C(\C)CC[C@H]2O[C@@]2(C)CCCC1(C)C. The summed E-state index contributed by atoms with van der Waals surface area (Å²) in [6.45, 7) is 10.2. The third-order valence-corrected chi connectivity index (χ3v) is 4.83. The molecule has 0 radical (unpaired) electrons. The molecule has 3 heteroatoms. The van der Waals surface area contributed by atoms with Crippen molar-refractivity contribution < 1.29 is 14.3 Å². The second kappa shape index (κ2) is 5.51. The molecule has 2 rings (SSSR count). The van der Waals surface area contributed by atoms with Crippen molar-refractivity contribution in [1.82, 2.24) is 0 Å². The van der Waals surface area contributed by atoms with Crippen LogP contribution in [-0.2, 0) is 14.3 Å². The van der Waals surface area contributed by atoms with Gasteiger partial charge >= 0.3 is 5.97 Å². The normalized spacial score (nSPS) is 39.8. The Bertz CT molecular complexity index is 410. The lowest BCUT2D eigenvalue weighted by Crippen LogP contribution is -2.32. The summed E-state index contributed by atoms with van der Waals surface area (Å²) in [6, 6.07) is 0. The van der Waals surface area contributed by atoms with Crippen LogP contribution in [0.5, 0.6) is 0 Å². The van der Waals surface area contributed by atoms with E-state index in [-0.39, 0.29) is 23.1 Å². The average molecular weight is 280 g/mol. The molecule has 114 valence electrons. The van der Waals surface area contributed by atoms with Gasteiger partial charge in [0.15, 0.2) is 0 Å². The van der Waals surface area contributed by atoms with E-state index >= 15 is 0 Å². The lowest BCUT2D eigenvalue weighted by atomic mass is 9.80. The first-order chi connectivity index (χ1) is 9.23. The Hall–Kier alpha value is -0.830. The largest absolute Gasteiger partial charge is 0.458 e. The fourth-order valence-electron chi connectivity index (χ4n) is 3.21. The fraction of sp³-hybridized carbons (Fsp3) is 0.824. The minimum Gasteiger partial charge on any atom is -0.458 e. The standard InChI is InChI=1S/C17H28O3/c1-12-7-8-14-17(5,20-14)10-6-9-16(3,4)15(11-12)19-13(2)18/h11,14-15H,6-10H2,1-5H3/b12-11+/t14-,15-,17+/m1/s1. The van der Waals surface area contributed by atoms with Crippen molar-refractivity contribution in [3.8, 4) is 0 Å². The van der Waals surface area contributed by atoms with Gasteiger partial charge in [-0.05, 0) is 52.0 Å². The topological polar surface area (TPSA) is 38.8 Å². The van der Waals surface area contributed by atoms with E-state index in [1.165, 1.54) is 12.5 Å². The maximum absolute atomic E-state index is 11.4. The number of hydrogen-bond acceptors (Lipinski definition) is 3. The van der Waals surface area contributed by atoms with E-state index in [0.717, 1.165) is 32.1 Å². The van der Waals surface area contributed by atoms with Crippen LogP contribution >= 0.6 is 0 Å². The Morgan fingerprint density at radius 1 is 1.35 bits per heavy atom. The van der Waals surface area contributed by atoms with Crippen LogP contribution in [0.25, 0.3) is 0 Å². The summed E-state index contributed by atoms with van der Waals surface area (Å²) >= 11 is 0. The highest BCUT2D eigenvalue weighted by Crippen LogP contribution is 2.45. The van der Waals surface area contributed by atoms with Crippen LogP contribution < -0.4 is 0 Å². The summed E-state index contributed by atoms with van der Waals surface area (Å²) < 4.78 is 11.4. The highest BCUT2D eigenvalue weighted by molar-refractivity contribution is 5.66. The summed E-state index contributed by atoms with van der Waals surface area (Å²) in [5.41, 5.74) is 1.36. The Labute approximate surface area is 122 Å². The smallest absolute Gasteiger partial charge is 0.303 e. The van der Waals surface area contributed by atoms with Crippen LogP contribution in [0.4, 0.5) is 0 Å². The van der Waals surface area contributed by atoms with Gasteiger partial charge < -0.3 is 9.47 Å². The predicted octanol–water partition coefficient (Wildman–Crippen LogP) is 4.01. The van der Waals surface area contributed by atoms with E-state index in [0.29, 0.717) is 6.10 Å². The summed E-state index contributed by atoms with van der Waals surface area (Å²) in [5.74, 6) is -0.194. The van der Waals surface area contributed by atoms with Gasteiger partial charge in [0, 0.05) is 12.3 Å². The maximum atomic E-state index is 11.4. The molecule has 0 amide bonds. The van der Waals surface area contributed by atoms with Crippen LogP contribution in [0.1, 0.15) is 66.7 Å². The number of fused-ring (bicyclic) bond motifs is 1. The van der Waals surface area contributed by atoms with E-state index in [9.17, 15) is 4.79 Å². The molecule has 1 saturated heterocycles. The summed E-state index contributed by atoms with van der Waals surface area (Å²) in [5, 5.41) is 0. The van der Waals surface area contributed by atoms with Gasteiger partial charge in [-0.2, -0.15) is 0 Å². The predicted molar refractivity (Wildman–Crippen MR) is 79.5 cm³/mol. The lowest BCUT2D eigenvalue weighted by molar-refractivity contribution is -0.149. The van der Waals surface area contributed by atoms with Crippen molar-refractivity contribution in [3.05, 3.63) is 11.6 Å².